The molecule has 5 aliphatic rings. The quantitative estimate of drug-likeness (QED) is 0.0290. The molecule has 0 aromatic carbocycles. The van der Waals surface area contributed by atoms with Crippen molar-refractivity contribution in [3.63, 3.8) is 0 Å². The number of fused-ring (bicyclic) bond motifs is 1. The summed E-state index contributed by atoms with van der Waals surface area (Å²) < 4.78 is 26.8. The van der Waals surface area contributed by atoms with Crippen molar-refractivity contribution in [3.8, 4) is 60.2 Å². The Balaban J connectivity index is 0.000000257. The molecule has 2 atom stereocenters. The van der Waals surface area contributed by atoms with Gasteiger partial charge >= 0.3 is 14.2 Å². The number of aromatic nitrogens is 2. The lowest BCUT2D eigenvalue weighted by Crippen LogP contribution is -2.41. The SMILES string of the molecule is CC1(C)OB(c2ccc(B3OC(C)(C)C(C)(C)O3)[nH]2)OC1(C)C.CCCCCCc1cc(-c2ccc(C3=C4C(=O)N(CC(C)CCC)C(c5ccc(-c6cc(CCCCCC)c(-c7ccc(-c8cc(CCCCCC)c(-c9sccc9CCCCCC)s8)[nH]7)s6)s5)=C4C(=O)N3CC(C)CCC)s2)sc1C1=CC=CC1.CCCCCCc1cc(Br)sc1-c1sc(Br)cc1CCCCCC. The third kappa shape index (κ3) is 26.0. The zero-order valence-electron chi connectivity index (χ0n) is 83.2. The van der Waals surface area contributed by atoms with Crippen molar-refractivity contribution in [2.24, 2.45) is 11.8 Å². The van der Waals surface area contributed by atoms with E-state index in [1.54, 1.807) is 22.7 Å². The third-order valence-corrected chi connectivity index (χ3v) is 38.7. The average Bonchev–Trinajstić information content (AvgIpc) is 1.54. The van der Waals surface area contributed by atoms with E-state index in [0.717, 1.165) is 96.5 Å². The van der Waals surface area contributed by atoms with Gasteiger partial charge in [0.1, 0.15) is 0 Å². The number of amides is 2. The molecule has 2 unspecified atom stereocenters. The highest BCUT2D eigenvalue weighted by Gasteiger charge is 2.55. The molecular formula is C111H150B2Br2N4O6S8. The maximum Gasteiger partial charge on any atom is 0.512 e. The topological polar surface area (TPSA) is 109 Å². The largest absolute Gasteiger partial charge is 0.512 e. The summed E-state index contributed by atoms with van der Waals surface area (Å²) in [6.45, 7) is 40.3. The number of unbranched alkanes of at least 4 members (excludes halogenated alkanes) is 18. The number of aryl methyl sites for hydroxylation is 6. The number of nitrogens with zero attached hydrogens (tertiary/aromatic N) is 2. The minimum atomic E-state index is -0.406. The number of hydrogen-bond donors (Lipinski definition) is 2. The van der Waals surface area contributed by atoms with E-state index in [-0.39, 0.29) is 46.1 Å². The smallest absolute Gasteiger partial charge is 0.398 e. The monoisotopic (exact) mass is 2070 g/mol. The van der Waals surface area contributed by atoms with Crippen molar-refractivity contribution in [1.82, 2.24) is 19.8 Å². The third-order valence-electron chi connectivity index (χ3n) is 27.8. The lowest BCUT2D eigenvalue weighted by atomic mass is 9.85. The van der Waals surface area contributed by atoms with Gasteiger partial charge in [-0.15, -0.1) is 90.7 Å². The lowest BCUT2D eigenvalue weighted by Gasteiger charge is -2.32. The van der Waals surface area contributed by atoms with Crippen LogP contribution in [0.5, 0.6) is 0 Å². The highest BCUT2D eigenvalue weighted by atomic mass is 79.9. The predicted octanol–water partition coefficient (Wildman–Crippen LogP) is 35.1. The van der Waals surface area contributed by atoms with Gasteiger partial charge in [-0.1, -0.05) is 216 Å². The molecule has 15 rings (SSSR count). The van der Waals surface area contributed by atoms with Gasteiger partial charge in [0.05, 0.1) is 83.4 Å². The normalized spacial score (nSPS) is 16.6. The van der Waals surface area contributed by atoms with Gasteiger partial charge in [0.2, 0.25) is 0 Å². The molecule has 10 nitrogen and oxygen atoms in total. The Morgan fingerprint density at radius 1 is 0.368 bits per heavy atom. The molecule has 0 spiro atoms. The Hall–Kier alpha value is -5.01. The summed E-state index contributed by atoms with van der Waals surface area (Å²) in [6, 6.07) is 32.0. The molecule has 2 N–H and O–H groups in total. The molecule has 0 saturated carbocycles. The van der Waals surface area contributed by atoms with E-state index in [4.69, 9.17) is 18.6 Å². The first kappa shape index (κ1) is 105. The fraction of sp³-hybridized carbons (Fsp3) is 0.550. The van der Waals surface area contributed by atoms with Crippen LogP contribution in [-0.4, -0.2) is 81.3 Å². The first-order valence-electron chi connectivity index (χ1n) is 50.9. The predicted molar refractivity (Wildman–Crippen MR) is 591 cm³/mol. The minimum absolute atomic E-state index is 0.0275. The van der Waals surface area contributed by atoms with E-state index < -0.39 is 14.2 Å². The average molecular weight is 2070 g/mol. The molecule has 2 saturated heterocycles. The molecule has 1 aliphatic carbocycles. The molecule has 0 bridgehead atoms. The van der Waals surface area contributed by atoms with Gasteiger partial charge in [-0.25, -0.2) is 0 Å². The van der Waals surface area contributed by atoms with E-state index in [0.29, 0.717) is 24.2 Å². The highest BCUT2D eigenvalue weighted by Crippen LogP contribution is 2.54. The Kier molecular flexibility index (Phi) is 39.1. The zero-order valence-corrected chi connectivity index (χ0v) is 92.9. The molecule has 133 heavy (non-hydrogen) atoms. The molecular weight excluding hydrogens is 1920 g/mol. The van der Waals surface area contributed by atoms with Crippen LogP contribution in [-0.2, 0) is 66.7 Å². The Labute approximate surface area is 848 Å². The minimum Gasteiger partial charge on any atom is -0.398 e. The summed E-state index contributed by atoms with van der Waals surface area (Å²) in [4.78, 5) is 59.5. The maximum atomic E-state index is 15.6. The van der Waals surface area contributed by atoms with E-state index in [2.05, 4.69) is 207 Å². The van der Waals surface area contributed by atoms with E-state index in [1.807, 2.05) is 145 Å². The van der Waals surface area contributed by atoms with Crippen LogP contribution in [0, 0.1) is 11.8 Å². The molecule has 22 heteroatoms. The first-order valence-corrected chi connectivity index (χ1v) is 59.1. The van der Waals surface area contributed by atoms with Crippen molar-refractivity contribution >= 4 is 177 Å². The van der Waals surface area contributed by atoms with Gasteiger partial charge in [-0.05, 0) is 325 Å². The molecule has 718 valence electrons. The fourth-order valence-corrected chi connectivity index (χ4v) is 29.5. The molecule has 2 amide bonds. The van der Waals surface area contributed by atoms with Gasteiger partial charge in [0.25, 0.3) is 11.8 Å². The van der Waals surface area contributed by atoms with Crippen molar-refractivity contribution < 1.29 is 28.2 Å². The molecule has 10 aromatic rings. The summed E-state index contributed by atoms with van der Waals surface area (Å²) in [6.07, 6.45) is 49.3. The molecule has 2 fully saturated rings. The number of carbonyl (C=O) groups excluding carboxylic acids is 2. The van der Waals surface area contributed by atoms with Crippen LogP contribution >= 0.6 is 123 Å². The number of hydrogen-bond acceptors (Lipinski definition) is 14. The zero-order chi connectivity index (χ0) is 94.7. The number of thiophene rings is 8. The highest BCUT2D eigenvalue weighted by molar-refractivity contribution is 9.11. The van der Waals surface area contributed by atoms with Gasteiger partial charge in [0, 0.05) is 68.2 Å². The fourth-order valence-electron chi connectivity index (χ4n) is 18.8. The van der Waals surface area contributed by atoms with Crippen LogP contribution in [0.15, 0.2) is 127 Å². The Bertz CT molecular complexity index is 5440. The molecule has 10 aromatic heterocycles. The van der Waals surface area contributed by atoms with Gasteiger partial charge in [-0.2, -0.15) is 0 Å². The number of nitrogens with one attached hydrogen (secondary N) is 2. The molecule has 0 radical (unpaired) electrons. The van der Waals surface area contributed by atoms with Gasteiger partial charge in [-0.3, -0.25) is 9.59 Å². The number of H-pyrrole nitrogens is 2. The summed E-state index contributed by atoms with van der Waals surface area (Å²) in [5, 5.41) is 2.32. The van der Waals surface area contributed by atoms with E-state index in [9.17, 15) is 0 Å². The number of allylic oxidation sites excluding steroid dienone is 4. The van der Waals surface area contributed by atoms with Crippen molar-refractivity contribution in [1.29, 1.82) is 0 Å². The van der Waals surface area contributed by atoms with Gasteiger partial charge in [0.15, 0.2) is 0 Å². The Morgan fingerprint density at radius 2 is 0.729 bits per heavy atom. The second-order valence-electron chi connectivity index (χ2n) is 39.9. The number of aromatic amines is 2. The second-order valence-corrected chi connectivity index (χ2v) is 51.0. The molecule has 4 aliphatic heterocycles. The van der Waals surface area contributed by atoms with Crippen LogP contribution in [0.2, 0.25) is 0 Å². The number of halogens is 2. The number of carbonyl (C=O) groups is 2. The summed E-state index contributed by atoms with van der Waals surface area (Å²) in [5.41, 5.74) is 15.9. The summed E-state index contributed by atoms with van der Waals surface area (Å²) >= 11 is 22.5. The second kappa shape index (κ2) is 49.4. The van der Waals surface area contributed by atoms with Crippen LogP contribution in [0.3, 0.4) is 0 Å². The summed E-state index contributed by atoms with van der Waals surface area (Å²) in [5.74, 6) is 0.493. The number of rotatable bonds is 49. The summed E-state index contributed by atoms with van der Waals surface area (Å²) in [7, 11) is -0.813. The lowest BCUT2D eigenvalue weighted by molar-refractivity contribution is -0.124. The van der Waals surface area contributed by atoms with Crippen molar-refractivity contribution in [2.45, 2.75) is 372 Å². The molecule has 14 heterocycles. The van der Waals surface area contributed by atoms with E-state index >= 15 is 9.59 Å². The Morgan fingerprint density at radius 3 is 1.14 bits per heavy atom. The van der Waals surface area contributed by atoms with Crippen molar-refractivity contribution in [2.75, 3.05) is 13.1 Å². The van der Waals surface area contributed by atoms with Crippen LogP contribution in [0.1, 0.15) is 359 Å². The standard InChI is InChI=1S/C75H95N3O2S6.C20H28Br2S2.C16H27B2NO4/c1-9-15-19-23-31-53-43-44-81-72(53)73-56(36-26-22-18-12-4)45-63(84-73)57-37-38-58(76-57)71-55(35-25-21-17-11-3)47-65(86-71)60-40-42-62(83-60)69-67-66(74(79)78(69)49-51(8)30-14-6)68(77(75(67)80)48-50(7)29-13-5)61-41-39-59(82-61)64-46-54(34-24-20-16-10-2)70(85-64)52-32-27-28-33-52;1-3-5-7-9-11-15-13-17(21)23-19(15)20-16(14-18(22)24-20)12-10-8-6-4-2;1-13(2)14(3,4)21-17(20-13)11-9-10-12(19-11)18-22-15(5,6)16(7,8)23-18/h27-28,32,37-47,50-51,76H,9-26,29-31,33-36,48-49H2,1-8H3;13-14H,3-12H2,1-2H3;9-10,19H,1-8H3. The van der Waals surface area contributed by atoms with E-state index in [1.165, 1.54) is 272 Å². The van der Waals surface area contributed by atoms with Gasteiger partial charge < -0.3 is 38.4 Å². The van der Waals surface area contributed by atoms with Crippen LogP contribution in [0.25, 0.3) is 77.1 Å². The maximum absolute atomic E-state index is 15.6. The van der Waals surface area contributed by atoms with Crippen LogP contribution in [0.4, 0.5) is 0 Å². The van der Waals surface area contributed by atoms with Crippen LogP contribution < -0.4 is 11.2 Å². The first-order chi connectivity index (χ1) is 64.1. The van der Waals surface area contributed by atoms with Crippen molar-refractivity contribution in [3.05, 3.63) is 175 Å².